The normalized spacial score (nSPS) is 11.0. The third-order valence-corrected chi connectivity index (χ3v) is 3.98. The van der Waals surface area contributed by atoms with Gasteiger partial charge >= 0.3 is 0 Å². The van der Waals surface area contributed by atoms with E-state index in [0.29, 0.717) is 21.9 Å². The molecular weight excluding hydrogens is 307 g/mol. The van der Waals surface area contributed by atoms with Crippen LogP contribution in [-0.4, -0.2) is 10.2 Å². The minimum Gasteiger partial charge on any atom is -0.267 e. The first-order valence-electron chi connectivity index (χ1n) is 6.46. The Morgan fingerprint density at radius 1 is 1.10 bits per heavy atom. The highest BCUT2D eigenvalue weighted by atomic mass is 35.5. The lowest BCUT2D eigenvalue weighted by molar-refractivity contribution is 0.934. The van der Waals surface area contributed by atoms with Gasteiger partial charge in [-0.2, -0.15) is 5.10 Å². The van der Waals surface area contributed by atoms with E-state index in [-0.39, 0.29) is 5.56 Å². The molecule has 0 saturated carbocycles. The molecule has 3 nitrogen and oxygen atoms in total. The van der Waals surface area contributed by atoms with E-state index in [2.05, 4.69) is 10.2 Å². The van der Waals surface area contributed by atoms with Crippen LogP contribution in [0.25, 0.3) is 10.8 Å². The Bertz CT molecular complexity index is 887. The molecule has 0 bridgehead atoms. The monoisotopic (exact) mass is 318 g/mol. The van der Waals surface area contributed by atoms with Crippen LogP contribution in [0.5, 0.6) is 0 Å². The molecule has 3 rings (SSSR count). The summed E-state index contributed by atoms with van der Waals surface area (Å²) in [5, 5.41) is 9.39. The van der Waals surface area contributed by atoms with Crippen molar-refractivity contribution in [2.75, 3.05) is 0 Å². The fourth-order valence-corrected chi connectivity index (χ4v) is 2.79. The average Bonchev–Trinajstić information content (AvgIpc) is 2.44. The molecule has 1 N–H and O–H groups in total. The van der Waals surface area contributed by atoms with Gasteiger partial charge in [0.15, 0.2) is 0 Å². The summed E-state index contributed by atoms with van der Waals surface area (Å²) in [6.45, 7) is 1.99. The topological polar surface area (TPSA) is 45.8 Å². The Morgan fingerprint density at radius 2 is 1.90 bits per heavy atom. The van der Waals surface area contributed by atoms with E-state index in [0.717, 1.165) is 22.2 Å². The first-order chi connectivity index (χ1) is 10.0. The summed E-state index contributed by atoms with van der Waals surface area (Å²) in [4.78, 5) is 11.8. The van der Waals surface area contributed by atoms with Gasteiger partial charge in [-0.05, 0) is 36.8 Å². The Morgan fingerprint density at radius 3 is 2.67 bits per heavy atom. The molecular formula is C16H12Cl2N2O. The first kappa shape index (κ1) is 14.1. The number of rotatable bonds is 2. The van der Waals surface area contributed by atoms with Crippen molar-refractivity contribution >= 4 is 34.0 Å². The van der Waals surface area contributed by atoms with Crippen LogP contribution in [0.3, 0.4) is 0 Å². The molecule has 0 aliphatic heterocycles. The number of halogens is 2. The zero-order chi connectivity index (χ0) is 15.0. The lowest BCUT2D eigenvalue weighted by atomic mass is 10.0. The summed E-state index contributed by atoms with van der Waals surface area (Å²) < 4.78 is 0. The molecule has 21 heavy (non-hydrogen) atoms. The number of hydrogen-bond acceptors (Lipinski definition) is 2. The number of hydrogen-bond donors (Lipinski definition) is 1. The Kier molecular flexibility index (Phi) is 3.70. The van der Waals surface area contributed by atoms with Crippen LogP contribution in [0.15, 0.2) is 41.2 Å². The van der Waals surface area contributed by atoms with E-state index in [1.165, 1.54) is 0 Å². The standard InChI is InChI=1S/C16H12Cl2N2O/c1-9-2-5-12-13(6-9)15(19-20-16(12)21)7-10-3-4-11(17)8-14(10)18/h2-6,8H,7H2,1H3,(H,20,21). The molecule has 3 aromatic rings. The third-order valence-electron chi connectivity index (χ3n) is 3.40. The molecule has 0 atom stereocenters. The van der Waals surface area contributed by atoms with Crippen LogP contribution in [0.2, 0.25) is 10.0 Å². The molecule has 1 heterocycles. The largest absolute Gasteiger partial charge is 0.272 e. The second-order valence-electron chi connectivity index (χ2n) is 4.96. The van der Waals surface area contributed by atoms with Gasteiger partial charge < -0.3 is 0 Å². The summed E-state index contributed by atoms with van der Waals surface area (Å²) in [6, 6.07) is 11.1. The van der Waals surface area contributed by atoms with E-state index in [1.54, 1.807) is 12.1 Å². The molecule has 0 unspecified atom stereocenters. The first-order valence-corrected chi connectivity index (χ1v) is 7.22. The van der Waals surface area contributed by atoms with Crippen LogP contribution in [0.1, 0.15) is 16.8 Å². The minimum atomic E-state index is -0.184. The van der Waals surface area contributed by atoms with Crippen molar-refractivity contribution in [3.63, 3.8) is 0 Å². The Balaban J connectivity index is 2.14. The molecule has 106 valence electrons. The van der Waals surface area contributed by atoms with Crippen LogP contribution in [0, 0.1) is 6.92 Å². The number of benzene rings is 2. The van der Waals surface area contributed by atoms with E-state index in [4.69, 9.17) is 23.2 Å². The highest BCUT2D eigenvalue weighted by Gasteiger charge is 2.10. The third kappa shape index (κ3) is 2.80. The second-order valence-corrected chi connectivity index (χ2v) is 5.80. The van der Waals surface area contributed by atoms with E-state index in [9.17, 15) is 4.79 Å². The number of fused-ring (bicyclic) bond motifs is 1. The van der Waals surface area contributed by atoms with Crippen molar-refractivity contribution in [1.82, 2.24) is 10.2 Å². The van der Waals surface area contributed by atoms with Crippen molar-refractivity contribution in [2.45, 2.75) is 13.3 Å². The second kappa shape index (κ2) is 5.51. The van der Waals surface area contributed by atoms with Crippen LogP contribution in [-0.2, 0) is 6.42 Å². The van der Waals surface area contributed by atoms with Gasteiger partial charge in [-0.25, -0.2) is 5.10 Å². The Hall–Kier alpha value is -1.84. The van der Waals surface area contributed by atoms with Gasteiger partial charge in [-0.15, -0.1) is 0 Å². The van der Waals surface area contributed by atoms with E-state index < -0.39 is 0 Å². The van der Waals surface area contributed by atoms with Crippen molar-refractivity contribution in [1.29, 1.82) is 0 Å². The van der Waals surface area contributed by atoms with Gasteiger partial charge in [-0.3, -0.25) is 4.79 Å². The van der Waals surface area contributed by atoms with Crippen molar-refractivity contribution in [2.24, 2.45) is 0 Å². The summed E-state index contributed by atoms with van der Waals surface area (Å²) in [5.41, 5.74) is 2.61. The maximum Gasteiger partial charge on any atom is 0.272 e. The number of H-pyrrole nitrogens is 1. The zero-order valence-corrected chi connectivity index (χ0v) is 12.8. The summed E-state index contributed by atoms with van der Waals surface area (Å²) in [6.07, 6.45) is 0.534. The lowest BCUT2D eigenvalue weighted by Gasteiger charge is -2.08. The molecule has 0 spiro atoms. The van der Waals surface area contributed by atoms with E-state index >= 15 is 0 Å². The fraction of sp³-hybridized carbons (Fsp3) is 0.125. The summed E-state index contributed by atoms with van der Waals surface area (Å²) in [7, 11) is 0. The van der Waals surface area contributed by atoms with E-state index in [1.807, 2.05) is 31.2 Å². The van der Waals surface area contributed by atoms with Crippen LogP contribution < -0.4 is 5.56 Å². The predicted octanol–water partition coefficient (Wildman–Crippen LogP) is 4.13. The average molecular weight is 319 g/mol. The molecule has 0 saturated heterocycles. The predicted molar refractivity (Wildman–Crippen MR) is 86.4 cm³/mol. The molecule has 0 amide bonds. The quantitative estimate of drug-likeness (QED) is 0.772. The smallest absolute Gasteiger partial charge is 0.267 e. The number of nitrogens with zero attached hydrogens (tertiary/aromatic N) is 1. The molecule has 5 heteroatoms. The van der Waals surface area contributed by atoms with Gasteiger partial charge in [0.2, 0.25) is 0 Å². The fourth-order valence-electron chi connectivity index (χ4n) is 2.31. The number of aromatic amines is 1. The lowest BCUT2D eigenvalue weighted by Crippen LogP contribution is -2.11. The van der Waals surface area contributed by atoms with Gasteiger partial charge in [0.25, 0.3) is 5.56 Å². The number of aryl methyl sites for hydroxylation is 1. The molecule has 2 aromatic carbocycles. The zero-order valence-electron chi connectivity index (χ0n) is 11.3. The van der Waals surface area contributed by atoms with Crippen molar-refractivity contribution in [3.8, 4) is 0 Å². The Labute approximate surface area is 131 Å². The molecule has 0 aliphatic carbocycles. The SMILES string of the molecule is Cc1ccc2c(=O)[nH]nc(Cc3ccc(Cl)cc3Cl)c2c1. The van der Waals surface area contributed by atoms with Gasteiger partial charge in [-0.1, -0.05) is 40.9 Å². The number of nitrogens with one attached hydrogen (secondary N) is 1. The maximum absolute atomic E-state index is 11.8. The van der Waals surface area contributed by atoms with Crippen LogP contribution >= 0.6 is 23.2 Å². The van der Waals surface area contributed by atoms with Gasteiger partial charge in [0.1, 0.15) is 0 Å². The highest BCUT2D eigenvalue weighted by Crippen LogP contribution is 2.25. The molecule has 0 radical (unpaired) electrons. The van der Waals surface area contributed by atoms with Crippen molar-refractivity contribution in [3.05, 3.63) is 73.6 Å². The van der Waals surface area contributed by atoms with Crippen LogP contribution in [0.4, 0.5) is 0 Å². The number of aromatic nitrogens is 2. The molecule has 1 aromatic heterocycles. The minimum absolute atomic E-state index is 0.184. The molecule has 0 fully saturated rings. The van der Waals surface area contributed by atoms with Crippen molar-refractivity contribution < 1.29 is 0 Å². The van der Waals surface area contributed by atoms with Gasteiger partial charge in [0.05, 0.1) is 11.1 Å². The summed E-state index contributed by atoms with van der Waals surface area (Å²) in [5.74, 6) is 0. The molecule has 0 aliphatic rings. The van der Waals surface area contributed by atoms with Gasteiger partial charge in [0, 0.05) is 21.9 Å². The highest BCUT2D eigenvalue weighted by molar-refractivity contribution is 6.35. The maximum atomic E-state index is 11.8. The summed E-state index contributed by atoms with van der Waals surface area (Å²) >= 11 is 12.1.